The van der Waals surface area contributed by atoms with E-state index in [1.165, 1.54) is 60.1 Å². The van der Waals surface area contributed by atoms with E-state index in [4.69, 9.17) is 0 Å². The Morgan fingerprint density at radius 1 is 0.657 bits per heavy atom. The van der Waals surface area contributed by atoms with Crippen LogP contribution in [0, 0.1) is 6.92 Å². The minimum atomic E-state index is 0.446. The molecular weight excluding hydrogens is 420 g/mol. The van der Waals surface area contributed by atoms with Crippen molar-refractivity contribution in [1.82, 2.24) is 0 Å². The summed E-state index contributed by atoms with van der Waals surface area (Å²) in [5.74, 6) is 0.446. The Morgan fingerprint density at radius 3 is 2.00 bits per heavy atom. The minimum Gasteiger partial charge on any atom is -0.0985 e. The number of rotatable bonds is 7. The highest BCUT2D eigenvalue weighted by molar-refractivity contribution is 6.23. The second-order valence-corrected chi connectivity index (χ2v) is 9.88. The van der Waals surface area contributed by atoms with Crippen molar-refractivity contribution in [3.8, 4) is 0 Å². The van der Waals surface area contributed by atoms with Gasteiger partial charge >= 0.3 is 0 Å². The van der Waals surface area contributed by atoms with Crippen LogP contribution in [0.4, 0.5) is 0 Å². The smallest absolute Gasteiger partial charge is 0.00239 e. The largest absolute Gasteiger partial charge is 0.0985 e. The SMILES string of the molecule is C=Cc1ccc(CCC(Cc2ccc(C)cc2)c2ccc3ccc4cccc5ccc2c3c45)cc1. The average Bonchev–Trinajstić information content (AvgIpc) is 2.91. The molecule has 6 aromatic carbocycles. The minimum absolute atomic E-state index is 0.446. The fourth-order valence-electron chi connectivity index (χ4n) is 5.65. The summed E-state index contributed by atoms with van der Waals surface area (Å²) in [6.45, 7) is 6.05. The van der Waals surface area contributed by atoms with Crippen molar-refractivity contribution in [3.05, 3.63) is 138 Å². The van der Waals surface area contributed by atoms with Gasteiger partial charge in [0.05, 0.1) is 0 Å². The van der Waals surface area contributed by atoms with E-state index in [0.717, 1.165) is 19.3 Å². The van der Waals surface area contributed by atoms with Gasteiger partial charge in [-0.25, -0.2) is 0 Å². The summed E-state index contributed by atoms with van der Waals surface area (Å²) in [5.41, 5.74) is 6.77. The van der Waals surface area contributed by atoms with Gasteiger partial charge in [-0.2, -0.15) is 0 Å². The molecule has 6 aromatic rings. The highest BCUT2D eigenvalue weighted by atomic mass is 14.2. The molecule has 0 N–H and O–H groups in total. The second kappa shape index (κ2) is 9.04. The molecule has 0 heteroatoms. The van der Waals surface area contributed by atoms with Gasteiger partial charge in [0.2, 0.25) is 0 Å². The molecule has 1 unspecified atom stereocenters. The third-order valence-electron chi connectivity index (χ3n) is 7.60. The molecule has 0 heterocycles. The molecule has 0 fully saturated rings. The molecule has 0 nitrogen and oxygen atoms in total. The summed E-state index contributed by atoms with van der Waals surface area (Å²) in [7, 11) is 0. The molecular formula is C35H30. The van der Waals surface area contributed by atoms with Crippen molar-refractivity contribution in [1.29, 1.82) is 0 Å². The first-order valence-electron chi connectivity index (χ1n) is 12.6. The molecule has 0 aromatic heterocycles. The van der Waals surface area contributed by atoms with Gasteiger partial charge in [-0.15, -0.1) is 0 Å². The number of aryl methyl sites for hydroxylation is 2. The molecule has 0 radical (unpaired) electrons. The van der Waals surface area contributed by atoms with Crippen LogP contribution in [0.15, 0.2) is 110 Å². The Balaban J connectivity index is 1.44. The molecule has 0 aliphatic rings. The lowest BCUT2D eigenvalue weighted by molar-refractivity contribution is 0.625. The maximum Gasteiger partial charge on any atom is -0.00239 e. The van der Waals surface area contributed by atoms with Crippen LogP contribution in [-0.2, 0) is 12.8 Å². The lowest BCUT2D eigenvalue weighted by Crippen LogP contribution is -2.06. The standard InChI is InChI=1S/C35H30/c1-3-25-11-13-26(14-12-25)15-16-31(23-27-9-7-24(2)8-10-27)32-21-19-30-18-17-28-5-4-6-29-20-22-33(32)35(30)34(28)29/h3-14,17-22,31H,1,15-16,23H2,2H3. The van der Waals surface area contributed by atoms with Crippen molar-refractivity contribution in [2.45, 2.75) is 32.1 Å². The topological polar surface area (TPSA) is 0 Å². The van der Waals surface area contributed by atoms with Crippen molar-refractivity contribution >= 4 is 38.4 Å². The van der Waals surface area contributed by atoms with Crippen LogP contribution in [0.5, 0.6) is 0 Å². The van der Waals surface area contributed by atoms with Crippen molar-refractivity contribution < 1.29 is 0 Å². The summed E-state index contributed by atoms with van der Waals surface area (Å²) >= 11 is 0. The van der Waals surface area contributed by atoms with Gasteiger partial charge in [-0.05, 0) is 86.7 Å². The van der Waals surface area contributed by atoms with Gasteiger partial charge in [0, 0.05) is 0 Å². The summed E-state index contributed by atoms with van der Waals surface area (Å²) < 4.78 is 0. The highest BCUT2D eigenvalue weighted by Gasteiger charge is 2.18. The second-order valence-electron chi connectivity index (χ2n) is 9.88. The van der Waals surface area contributed by atoms with E-state index in [9.17, 15) is 0 Å². The molecule has 0 bridgehead atoms. The molecule has 170 valence electrons. The zero-order chi connectivity index (χ0) is 23.8. The van der Waals surface area contributed by atoms with Crippen LogP contribution >= 0.6 is 0 Å². The lowest BCUT2D eigenvalue weighted by Gasteiger charge is -2.22. The Bertz CT molecular complexity index is 1600. The van der Waals surface area contributed by atoms with Gasteiger partial charge in [0.25, 0.3) is 0 Å². The summed E-state index contributed by atoms with van der Waals surface area (Å²) in [5, 5.41) is 8.22. The quantitative estimate of drug-likeness (QED) is 0.212. The molecule has 0 saturated heterocycles. The summed E-state index contributed by atoms with van der Waals surface area (Å²) in [6.07, 6.45) is 5.14. The Kier molecular flexibility index (Phi) is 5.58. The molecule has 0 amide bonds. The predicted octanol–water partition coefficient (Wildman–Crippen LogP) is 9.49. The Morgan fingerprint density at radius 2 is 1.29 bits per heavy atom. The van der Waals surface area contributed by atoms with Gasteiger partial charge in [0.1, 0.15) is 0 Å². The zero-order valence-corrected chi connectivity index (χ0v) is 20.3. The molecule has 6 rings (SSSR count). The molecule has 0 saturated carbocycles. The van der Waals surface area contributed by atoms with Crippen LogP contribution in [0.3, 0.4) is 0 Å². The Hall–Kier alpha value is -3.90. The third kappa shape index (κ3) is 4.10. The van der Waals surface area contributed by atoms with E-state index in [0.29, 0.717) is 5.92 Å². The molecule has 0 aliphatic carbocycles. The molecule has 35 heavy (non-hydrogen) atoms. The number of benzene rings is 6. The summed E-state index contributed by atoms with van der Waals surface area (Å²) in [4.78, 5) is 0. The van der Waals surface area contributed by atoms with E-state index < -0.39 is 0 Å². The van der Waals surface area contributed by atoms with Crippen LogP contribution in [0.25, 0.3) is 38.4 Å². The maximum absolute atomic E-state index is 3.89. The molecule has 0 spiro atoms. The normalized spacial score (nSPS) is 12.5. The van der Waals surface area contributed by atoms with Crippen LogP contribution in [-0.4, -0.2) is 0 Å². The van der Waals surface area contributed by atoms with E-state index >= 15 is 0 Å². The highest BCUT2D eigenvalue weighted by Crippen LogP contribution is 2.39. The van der Waals surface area contributed by atoms with Gasteiger partial charge in [0.15, 0.2) is 0 Å². The van der Waals surface area contributed by atoms with Gasteiger partial charge < -0.3 is 0 Å². The van der Waals surface area contributed by atoms with Gasteiger partial charge in [-0.3, -0.25) is 0 Å². The van der Waals surface area contributed by atoms with Crippen molar-refractivity contribution in [2.75, 3.05) is 0 Å². The maximum atomic E-state index is 3.89. The van der Waals surface area contributed by atoms with Crippen LogP contribution < -0.4 is 0 Å². The first-order valence-corrected chi connectivity index (χ1v) is 12.6. The Labute approximate surface area is 207 Å². The first kappa shape index (κ1) is 21.6. The van der Waals surface area contributed by atoms with Crippen molar-refractivity contribution in [3.63, 3.8) is 0 Å². The van der Waals surface area contributed by atoms with E-state index in [-0.39, 0.29) is 0 Å². The third-order valence-corrected chi connectivity index (χ3v) is 7.60. The lowest BCUT2D eigenvalue weighted by atomic mass is 9.82. The van der Waals surface area contributed by atoms with E-state index in [1.807, 2.05) is 6.08 Å². The molecule has 1 atom stereocenters. The van der Waals surface area contributed by atoms with Crippen LogP contribution in [0.2, 0.25) is 0 Å². The van der Waals surface area contributed by atoms with E-state index in [2.05, 4.69) is 117 Å². The first-order chi connectivity index (χ1) is 17.2. The molecule has 0 aliphatic heterocycles. The van der Waals surface area contributed by atoms with Crippen molar-refractivity contribution in [2.24, 2.45) is 0 Å². The van der Waals surface area contributed by atoms with Gasteiger partial charge in [-0.1, -0.05) is 121 Å². The monoisotopic (exact) mass is 450 g/mol. The zero-order valence-electron chi connectivity index (χ0n) is 20.3. The van der Waals surface area contributed by atoms with E-state index in [1.54, 1.807) is 0 Å². The van der Waals surface area contributed by atoms with Crippen LogP contribution in [0.1, 0.15) is 40.2 Å². The fourth-order valence-corrected chi connectivity index (χ4v) is 5.65. The number of hydrogen-bond donors (Lipinski definition) is 0. The number of hydrogen-bond acceptors (Lipinski definition) is 0. The summed E-state index contributed by atoms with van der Waals surface area (Å²) in [6, 6.07) is 38.5. The predicted molar refractivity (Wildman–Crippen MR) is 153 cm³/mol. The average molecular weight is 451 g/mol. The fraction of sp³-hybridized carbons (Fsp3) is 0.143.